The van der Waals surface area contributed by atoms with Crippen LogP contribution >= 0.6 is 0 Å². The number of rotatable bonds is 6. The summed E-state index contributed by atoms with van der Waals surface area (Å²) >= 11 is 0. The second kappa shape index (κ2) is 6.77. The molecule has 0 fully saturated rings. The maximum absolute atomic E-state index is 10.4. The van der Waals surface area contributed by atoms with Crippen LogP contribution in [-0.4, -0.2) is 40.5 Å². The lowest BCUT2D eigenvalue weighted by Crippen LogP contribution is -2.07. The van der Waals surface area contributed by atoms with E-state index in [-0.39, 0.29) is 5.68 Å². The minimum Gasteiger partial charge on any atom is -0.382 e. The van der Waals surface area contributed by atoms with Crippen LogP contribution in [0.25, 0.3) is 0 Å². The predicted octanol–water partition coefficient (Wildman–Crippen LogP) is -0.801. The quantitative estimate of drug-likeness (QED) is 0.361. The molecular formula is C6H13BO3. The fourth-order valence-corrected chi connectivity index (χ4v) is 0.460. The number of hydrogen-bond acceptors (Lipinski definition) is 3. The van der Waals surface area contributed by atoms with E-state index in [0.29, 0.717) is 26.2 Å². The van der Waals surface area contributed by atoms with Gasteiger partial charge >= 0.3 is 0 Å². The molecule has 0 atom stereocenters. The van der Waals surface area contributed by atoms with E-state index in [4.69, 9.17) is 9.47 Å². The molecule has 0 unspecified atom stereocenters. The Morgan fingerprint density at radius 1 is 1.40 bits per heavy atom. The monoisotopic (exact) mass is 144 g/mol. The maximum Gasteiger partial charge on any atom is 0.187 e. The van der Waals surface area contributed by atoms with Crippen LogP contribution in [0.1, 0.15) is 6.42 Å². The van der Waals surface area contributed by atoms with Crippen molar-refractivity contribution in [3.8, 4) is 0 Å². The first-order valence-electron chi connectivity index (χ1n) is 3.33. The average molecular weight is 144 g/mol. The lowest BCUT2D eigenvalue weighted by molar-refractivity contribution is -0.112. The molecule has 0 aromatic rings. The first-order chi connectivity index (χ1) is 4.77. The Labute approximate surface area is 62.1 Å². The minimum atomic E-state index is 0.164. The average Bonchev–Trinajstić information content (AvgIpc) is 1.87. The zero-order valence-corrected chi connectivity index (χ0v) is 6.55. The highest BCUT2D eigenvalue weighted by atomic mass is 16.5. The van der Waals surface area contributed by atoms with Gasteiger partial charge in [0, 0.05) is 13.5 Å². The number of ether oxygens (including phenoxy) is 2. The van der Waals surface area contributed by atoms with Crippen molar-refractivity contribution in [1.82, 2.24) is 0 Å². The summed E-state index contributed by atoms with van der Waals surface area (Å²) in [4.78, 5) is 10.4. The molecule has 0 aromatic carbocycles. The number of carbonyl (C=O) groups excluding carboxylic acids is 1. The molecule has 0 rings (SSSR count). The van der Waals surface area contributed by atoms with E-state index in [9.17, 15) is 4.79 Å². The molecule has 0 saturated heterocycles. The summed E-state index contributed by atoms with van der Waals surface area (Å²) in [6, 6.07) is 0. The summed E-state index contributed by atoms with van der Waals surface area (Å²) < 4.78 is 9.78. The highest BCUT2D eigenvalue weighted by molar-refractivity contribution is 6.57. The molecule has 4 heteroatoms. The van der Waals surface area contributed by atoms with Gasteiger partial charge in [-0.15, -0.1) is 0 Å². The third kappa shape index (κ3) is 7.65. The largest absolute Gasteiger partial charge is 0.382 e. The van der Waals surface area contributed by atoms with Gasteiger partial charge in [-0.05, 0) is 0 Å². The third-order valence-corrected chi connectivity index (χ3v) is 1.03. The van der Waals surface area contributed by atoms with Gasteiger partial charge in [0.25, 0.3) is 0 Å². The second-order valence-corrected chi connectivity index (χ2v) is 2.06. The molecule has 58 valence electrons. The van der Waals surface area contributed by atoms with Crippen LogP contribution in [0.2, 0.25) is 0 Å². The SMILES string of the molecule is BC(=O)CCOCCOC. The Bertz CT molecular complexity index is 95.0. The van der Waals surface area contributed by atoms with Gasteiger partial charge in [-0.1, -0.05) is 0 Å². The van der Waals surface area contributed by atoms with Crippen LogP contribution in [0.3, 0.4) is 0 Å². The van der Waals surface area contributed by atoms with Crippen molar-refractivity contribution >= 4 is 13.5 Å². The first kappa shape index (κ1) is 9.65. The summed E-state index contributed by atoms with van der Waals surface area (Å²) in [7, 11) is 3.17. The Morgan fingerprint density at radius 2 is 2.10 bits per heavy atom. The molecule has 0 heterocycles. The van der Waals surface area contributed by atoms with Crippen LogP contribution in [0, 0.1) is 0 Å². The molecule has 0 aliphatic carbocycles. The highest BCUT2D eigenvalue weighted by Crippen LogP contribution is 1.81. The predicted molar refractivity (Wildman–Crippen MR) is 40.9 cm³/mol. The standard InChI is InChI=1S/C6H13BO3/c1-9-4-5-10-3-2-6(7)8/h2-5,7H2,1H3. The molecule has 0 spiro atoms. The number of methoxy groups -OCH3 is 1. The van der Waals surface area contributed by atoms with Crippen molar-refractivity contribution in [2.45, 2.75) is 6.42 Å². The summed E-state index contributed by atoms with van der Waals surface area (Å²) in [5.74, 6) is 0. The highest BCUT2D eigenvalue weighted by Gasteiger charge is 1.91. The summed E-state index contributed by atoms with van der Waals surface area (Å²) in [6.07, 6.45) is 0.504. The fraction of sp³-hybridized carbons (Fsp3) is 0.833. The zero-order chi connectivity index (χ0) is 7.82. The Balaban J connectivity index is 2.84. The van der Waals surface area contributed by atoms with E-state index >= 15 is 0 Å². The molecular weight excluding hydrogens is 131 g/mol. The zero-order valence-electron chi connectivity index (χ0n) is 6.55. The van der Waals surface area contributed by atoms with E-state index in [2.05, 4.69) is 0 Å². The molecule has 0 bridgehead atoms. The van der Waals surface area contributed by atoms with E-state index in [1.807, 2.05) is 0 Å². The topological polar surface area (TPSA) is 35.5 Å². The van der Waals surface area contributed by atoms with E-state index in [1.165, 1.54) is 0 Å². The fourth-order valence-electron chi connectivity index (χ4n) is 0.460. The van der Waals surface area contributed by atoms with Gasteiger partial charge in [0.2, 0.25) is 0 Å². The summed E-state index contributed by atoms with van der Waals surface area (Å²) in [5, 5.41) is 0. The molecule has 10 heavy (non-hydrogen) atoms. The van der Waals surface area contributed by atoms with Crippen LogP contribution in [0.15, 0.2) is 0 Å². The molecule has 0 amide bonds. The molecule has 0 N–H and O–H groups in total. The molecule has 0 aromatic heterocycles. The van der Waals surface area contributed by atoms with Crippen LogP contribution in [-0.2, 0) is 14.3 Å². The summed E-state index contributed by atoms with van der Waals surface area (Å²) in [6.45, 7) is 1.68. The Kier molecular flexibility index (Phi) is 6.54. The van der Waals surface area contributed by atoms with Crippen LogP contribution in [0.4, 0.5) is 0 Å². The van der Waals surface area contributed by atoms with Gasteiger partial charge in [-0.3, -0.25) is 0 Å². The molecule has 3 nitrogen and oxygen atoms in total. The van der Waals surface area contributed by atoms with Crippen LogP contribution in [0.5, 0.6) is 0 Å². The minimum absolute atomic E-state index is 0.164. The van der Waals surface area contributed by atoms with Crippen molar-refractivity contribution < 1.29 is 14.3 Å². The first-order valence-corrected chi connectivity index (χ1v) is 3.33. The van der Waals surface area contributed by atoms with Gasteiger partial charge in [0.05, 0.1) is 25.5 Å². The van der Waals surface area contributed by atoms with Gasteiger partial charge in [-0.2, -0.15) is 0 Å². The van der Waals surface area contributed by atoms with E-state index < -0.39 is 0 Å². The number of hydrogen-bond donors (Lipinski definition) is 0. The van der Waals surface area contributed by atoms with E-state index in [0.717, 1.165) is 0 Å². The van der Waals surface area contributed by atoms with Crippen LogP contribution < -0.4 is 0 Å². The van der Waals surface area contributed by atoms with Gasteiger partial charge in [0.15, 0.2) is 7.85 Å². The lowest BCUT2D eigenvalue weighted by Gasteiger charge is -2.00. The van der Waals surface area contributed by atoms with Crippen molar-refractivity contribution in [2.24, 2.45) is 0 Å². The maximum atomic E-state index is 10.4. The second-order valence-electron chi connectivity index (χ2n) is 2.06. The molecule has 0 radical (unpaired) electrons. The van der Waals surface area contributed by atoms with E-state index in [1.54, 1.807) is 15.0 Å². The third-order valence-electron chi connectivity index (χ3n) is 1.03. The summed E-state index contributed by atoms with van der Waals surface area (Å²) in [5.41, 5.74) is 0.164. The van der Waals surface area contributed by atoms with Gasteiger partial charge < -0.3 is 14.3 Å². The molecule has 0 aliphatic rings. The Hall–Kier alpha value is -0.345. The lowest BCUT2D eigenvalue weighted by atomic mass is 10.0. The Morgan fingerprint density at radius 3 is 2.60 bits per heavy atom. The molecule has 0 aliphatic heterocycles. The normalized spacial score (nSPS) is 9.70. The van der Waals surface area contributed by atoms with Gasteiger partial charge in [-0.25, -0.2) is 0 Å². The van der Waals surface area contributed by atoms with Gasteiger partial charge in [0.1, 0.15) is 0 Å². The van der Waals surface area contributed by atoms with Crippen molar-refractivity contribution in [3.63, 3.8) is 0 Å². The molecule has 0 saturated carbocycles. The van der Waals surface area contributed by atoms with Crippen molar-refractivity contribution in [1.29, 1.82) is 0 Å². The van der Waals surface area contributed by atoms with Crippen molar-refractivity contribution in [2.75, 3.05) is 26.9 Å². The number of carbonyl (C=O) groups is 1. The smallest absolute Gasteiger partial charge is 0.187 e. The van der Waals surface area contributed by atoms with Crippen molar-refractivity contribution in [3.05, 3.63) is 0 Å².